The van der Waals surface area contributed by atoms with Gasteiger partial charge in [0.2, 0.25) is 11.9 Å². The average Bonchev–Trinajstić information content (AvgIpc) is 2.41. The van der Waals surface area contributed by atoms with E-state index in [1.807, 2.05) is 0 Å². The van der Waals surface area contributed by atoms with E-state index in [0.717, 1.165) is 31.4 Å². The molecule has 0 radical (unpaired) electrons. The van der Waals surface area contributed by atoms with Crippen LogP contribution < -0.4 is 16.4 Å². The van der Waals surface area contributed by atoms with Gasteiger partial charge in [0.05, 0.1) is 0 Å². The molecule has 5 nitrogen and oxygen atoms in total. The fraction of sp³-hybridized carbons (Fsp3) is 0.467. The second kappa shape index (κ2) is 5.47. The molecule has 1 aliphatic heterocycles. The van der Waals surface area contributed by atoms with Crippen LogP contribution in [0.2, 0.25) is 0 Å². The summed E-state index contributed by atoms with van der Waals surface area (Å²) in [4.78, 5) is 11.0. The summed E-state index contributed by atoms with van der Waals surface area (Å²) in [6, 6.07) is 6.35. The number of halogens is 1. The van der Waals surface area contributed by atoms with E-state index in [0.29, 0.717) is 11.9 Å². The zero-order valence-corrected chi connectivity index (χ0v) is 14.3. The number of aryl methyl sites for hydroxylation is 1. The standard InChI is InChI=1S/C15H20IN5/c1-10-9-11(16)5-6-12(10)21-14(18)19-13(17)20-15(21)7-3-2-4-8-15/h5-6,9H,2-4,7-8H2,1H3,(H4,17,18,19,20). The Morgan fingerprint density at radius 2 is 1.90 bits per heavy atom. The minimum Gasteiger partial charge on any atom is -0.369 e. The van der Waals surface area contributed by atoms with E-state index in [1.54, 1.807) is 0 Å². The molecule has 6 heteroatoms. The molecular weight excluding hydrogens is 377 g/mol. The maximum absolute atomic E-state index is 6.23. The summed E-state index contributed by atoms with van der Waals surface area (Å²) in [6.07, 6.45) is 5.46. The van der Waals surface area contributed by atoms with Crippen LogP contribution in [0, 0.1) is 10.5 Å². The predicted molar refractivity (Wildman–Crippen MR) is 95.4 cm³/mol. The number of hydrogen-bond acceptors (Lipinski definition) is 5. The summed E-state index contributed by atoms with van der Waals surface area (Å²) in [5, 5.41) is 0. The summed E-state index contributed by atoms with van der Waals surface area (Å²) in [5.74, 6) is 0.752. The molecule has 0 amide bonds. The molecule has 4 N–H and O–H groups in total. The monoisotopic (exact) mass is 397 g/mol. The Morgan fingerprint density at radius 3 is 2.57 bits per heavy atom. The number of nitrogens with two attached hydrogens (primary N) is 2. The van der Waals surface area contributed by atoms with Gasteiger partial charge >= 0.3 is 0 Å². The quantitative estimate of drug-likeness (QED) is 0.716. The van der Waals surface area contributed by atoms with Crippen LogP contribution in [-0.2, 0) is 0 Å². The van der Waals surface area contributed by atoms with Gasteiger partial charge in [-0.25, -0.2) is 4.99 Å². The summed E-state index contributed by atoms with van der Waals surface area (Å²) >= 11 is 2.32. The molecule has 21 heavy (non-hydrogen) atoms. The van der Waals surface area contributed by atoms with E-state index in [4.69, 9.17) is 16.5 Å². The molecule has 112 valence electrons. The SMILES string of the molecule is Cc1cc(I)ccc1N1C(N)=NC(N)=NC12CCCCC2. The lowest BCUT2D eigenvalue weighted by Crippen LogP contribution is -2.58. The van der Waals surface area contributed by atoms with Crippen molar-refractivity contribution < 1.29 is 0 Å². The third kappa shape index (κ3) is 2.61. The molecular formula is C15H20IN5. The van der Waals surface area contributed by atoms with Gasteiger partial charge in [-0.2, -0.15) is 4.99 Å². The lowest BCUT2D eigenvalue weighted by molar-refractivity contribution is 0.305. The van der Waals surface area contributed by atoms with Crippen molar-refractivity contribution in [3.63, 3.8) is 0 Å². The molecule has 1 fully saturated rings. The zero-order valence-electron chi connectivity index (χ0n) is 12.1. The first-order valence-corrected chi connectivity index (χ1v) is 8.36. The van der Waals surface area contributed by atoms with Crippen LogP contribution in [-0.4, -0.2) is 17.6 Å². The van der Waals surface area contributed by atoms with Crippen LogP contribution in [0.1, 0.15) is 37.7 Å². The van der Waals surface area contributed by atoms with Crippen molar-refractivity contribution in [3.05, 3.63) is 27.3 Å². The molecule has 1 spiro atoms. The summed E-state index contributed by atoms with van der Waals surface area (Å²) < 4.78 is 1.21. The molecule has 1 aromatic carbocycles. The number of nitrogens with zero attached hydrogens (tertiary/aromatic N) is 3. The van der Waals surface area contributed by atoms with Crippen molar-refractivity contribution in [1.29, 1.82) is 0 Å². The third-order valence-electron chi connectivity index (χ3n) is 4.25. The van der Waals surface area contributed by atoms with Crippen LogP contribution >= 0.6 is 22.6 Å². The highest BCUT2D eigenvalue weighted by atomic mass is 127. The van der Waals surface area contributed by atoms with Gasteiger partial charge in [0.25, 0.3) is 0 Å². The molecule has 1 aromatic rings. The van der Waals surface area contributed by atoms with Crippen molar-refractivity contribution in [2.24, 2.45) is 21.5 Å². The molecule has 1 heterocycles. The van der Waals surface area contributed by atoms with Gasteiger partial charge in [-0.1, -0.05) is 6.42 Å². The minimum absolute atomic E-state index is 0.300. The number of hydrogen-bond donors (Lipinski definition) is 2. The molecule has 1 aliphatic carbocycles. The minimum atomic E-state index is -0.355. The van der Waals surface area contributed by atoms with E-state index in [-0.39, 0.29) is 5.66 Å². The second-order valence-electron chi connectivity index (χ2n) is 5.75. The first-order chi connectivity index (χ1) is 10.0. The van der Waals surface area contributed by atoms with Gasteiger partial charge in [-0.3, -0.25) is 4.90 Å². The molecule has 2 aliphatic rings. The summed E-state index contributed by atoms with van der Waals surface area (Å²) in [5.41, 5.74) is 14.0. The van der Waals surface area contributed by atoms with Crippen LogP contribution in [0.15, 0.2) is 28.2 Å². The predicted octanol–water partition coefficient (Wildman–Crippen LogP) is 2.71. The average molecular weight is 397 g/mol. The highest BCUT2D eigenvalue weighted by Gasteiger charge is 2.42. The van der Waals surface area contributed by atoms with E-state index in [2.05, 4.69) is 57.6 Å². The lowest BCUT2D eigenvalue weighted by atomic mass is 9.87. The molecule has 0 atom stereocenters. The Morgan fingerprint density at radius 1 is 1.19 bits per heavy atom. The second-order valence-corrected chi connectivity index (χ2v) is 6.99. The van der Waals surface area contributed by atoms with E-state index in [9.17, 15) is 0 Å². The van der Waals surface area contributed by atoms with Crippen LogP contribution in [0.25, 0.3) is 0 Å². The number of rotatable bonds is 1. The van der Waals surface area contributed by atoms with Crippen molar-refractivity contribution in [3.8, 4) is 0 Å². The largest absolute Gasteiger partial charge is 0.369 e. The molecule has 0 unspecified atom stereocenters. The van der Waals surface area contributed by atoms with E-state index < -0.39 is 0 Å². The topological polar surface area (TPSA) is 80.0 Å². The van der Waals surface area contributed by atoms with Crippen molar-refractivity contribution in [2.75, 3.05) is 4.90 Å². The smallest absolute Gasteiger partial charge is 0.220 e. The van der Waals surface area contributed by atoms with Crippen molar-refractivity contribution in [1.82, 2.24) is 0 Å². The molecule has 0 saturated heterocycles. The lowest BCUT2D eigenvalue weighted by Gasteiger charge is -2.46. The van der Waals surface area contributed by atoms with Gasteiger partial charge in [0.15, 0.2) is 0 Å². The number of anilines is 1. The number of guanidine groups is 2. The zero-order chi connectivity index (χ0) is 15.0. The Balaban J connectivity index is 2.10. The summed E-state index contributed by atoms with van der Waals surface area (Å²) in [7, 11) is 0. The first-order valence-electron chi connectivity index (χ1n) is 7.28. The van der Waals surface area contributed by atoms with Crippen molar-refractivity contribution >= 4 is 40.2 Å². The Hall–Kier alpha value is -1.31. The fourth-order valence-electron chi connectivity index (χ4n) is 3.34. The number of aliphatic imine (C=N–C) groups is 2. The maximum atomic E-state index is 6.23. The van der Waals surface area contributed by atoms with Gasteiger partial charge in [0.1, 0.15) is 5.66 Å². The maximum Gasteiger partial charge on any atom is 0.220 e. The van der Waals surface area contributed by atoms with Crippen LogP contribution in [0.5, 0.6) is 0 Å². The third-order valence-corrected chi connectivity index (χ3v) is 4.92. The molecule has 0 aromatic heterocycles. The summed E-state index contributed by atoms with van der Waals surface area (Å²) in [6.45, 7) is 2.10. The van der Waals surface area contributed by atoms with E-state index >= 15 is 0 Å². The molecule has 3 rings (SSSR count). The number of benzene rings is 1. The normalized spacial score (nSPS) is 21.1. The first kappa shape index (κ1) is 14.6. The van der Waals surface area contributed by atoms with Gasteiger partial charge in [-0.05, 0) is 79.0 Å². The Bertz CT molecular complexity index is 616. The van der Waals surface area contributed by atoms with Gasteiger partial charge < -0.3 is 11.5 Å². The Labute approximate surface area is 138 Å². The fourth-order valence-corrected chi connectivity index (χ4v) is 3.99. The highest BCUT2D eigenvalue weighted by molar-refractivity contribution is 14.1. The van der Waals surface area contributed by atoms with Gasteiger partial charge in [-0.15, -0.1) is 0 Å². The van der Waals surface area contributed by atoms with Crippen LogP contribution in [0.3, 0.4) is 0 Å². The highest BCUT2D eigenvalue weighted by Crippen LogP contribution is 2.40. The van der Waals surface area contributed by atoms with Crippen molar-refractivity contribution in [2.45, 2.75) is 44.7 Å². The molecule has 0 bridgehead atoms. The Kier molecular flexibility index (Phi) is 3.81. The molecule has 1 saturated carbocycles. The van der Waals surface area contributed by atoms with Gasteiger partial charge in [0, 0.05) is 9.26 Å². The van der Waals surface area contributed by atoms with Crippen LogP contribution in [0.4, 0.5) is 5.69 Å². The van der Waals surface area contributed by atoms with E-state index in [1.165, 1.54) is 15.6 Å².